The minimum absolute atomic E-state index is 0.0836. The van der Waals surface area contributed by atoms with Crippen molar-refractivity contribution in [2.45, 2.75) is 39.0 Å². The standard InChI is InChI=1S/C24H26N4O4/c1-3-16-6-8-17(9-7-16)24-26-22(32-27-24)13-12-21(29)25-18-10-11-19(20(15-18)31-2)28-14-4-5-23(28)30/h6-11,15H,3-5,12-14H2,1-2H3,(H,25,29). The summed E-state index contributed by atoms with van der Waals surface area (Å²) in [6.07, 6.45) is 2.89. The van der Waals surface area contributed by atoms with Crippen LogP contribution in [-0.2, 0) is 22.4 Å². The van der Waals surface area contributed by atoms with Crippen LogP contribution in [0, 0.1) is 0 Å². The highest BCUT2D eigenvalue weighted by atomic mass is 16.5. The summed E-state index contributed by atoms with van der Waals surface area (Å²) in [7, 11) is 1.55. The maximum absolute atomic E-state index is 12.4. The molecule has 0 aliphatic carbocycles. The number of amides is 2. The number of ether oxygens (including phenoxy) is 1. The first-order valence-corrected chi connectivity index (χ1v) is 10.8. The van der Waals surface area contributed by atoms with Crippen molar-refractivity contribution in [3.63, 3.8) is 0 Å². The van der Waals surface area contributed by atoms with Gasteiger partial charge in [-0.15, -0.1) is 0 Å². The van der Waals surface area contributed by atoms with E-state index in [1.807, 2.05) is 24.3 Å². The Morgan fingerprint density at radius 3 is 2.72 bits per heavy atom. The van der Waals surface area contributed by atoms with E-state index in [2.05, 4.69) is 22.4 Å². The quantitative estimate of drug-likeness (QED) is 0.575. The van der Waals surface area contributed by atoms with Gasteiger partial charge in [0.05, 0.1) is 12.8 Å². The Labute approximate surface area is 186 Å². The topological polar surface area (TPSA) is 97.6 Å². The number of hydrogen-bond acceptors (Lipinski definition) is 6. The summed E-state index contributed by atoms with van der Waals surface area (Å²) < 4.78 is 10.7. The number of nitrogens with zero attached hydrogens (tertiary/aromatic N) is 3. The van der Waals surface area contributed by atoms with E-state index in [0.29, 0.717) is 42.5 Å². The predicted molar refractivity (Wildman–Crippen MR) is 121 cm³/mol. The number of methoxy groups -OCH3 is 1. The summed E-state index contributed by atoms with van der Waals surface area (Å²) in [5.41, 5.74) is 3.44. The number of aryl methyl sites for hydroxylation is 2. The highest BCUT2D eigenvalue weighted by Crippen LogP contribution is 2.33. The number of aromatic nitrogens is 2. The zero-order chi connectivity index (χ0) is 22.5. The Hall–Kier alpha value is -3.68. The van der Waals surface area contributed by atoms with Gasteiger partial charge >= 0.3 is 0 Å². The molecular weight excluding hydrogens is 408 g/mol. The minimum atomic E-state index is -0.177. The fourth-order valence-corrected chi connectivity index (χ4v) is 3.69. The van der Waals surface area contributed by atoms with Gasteiger partial charge in [-0.1, -0.05) is 36.3 Å². The van der Waals surface area contributed by atoms with E-state index < -0.39 is 0 Å². The van der Waals surface area contributed by atoms with Gasteiger partial charge in [-0.3, -0.25) is 9.59 Å². The molecule has 1 fully saturated rings. The van der Waals surface area contributed by atoms with Gasteiger partial charge in [0.15, 0.2) is 0 Å². The molecule has 2 heterocycles. The summed E-state index contributed by atoms with van der Waals surface area (Å²) in [6.45, 7) is 2.78. The lowest BCUT2D eigenvalue weighted by molar-refractivity contribution is -0.117. The van der Waals surface area contributed by atoms with Gasteiger partial charge < -0.3 is 19.5 Å². The molecule has 0 radical (unpaired) electrons. The number of anilines is 2. The van der Waals surface area contributed by atoms with Gasteiger partial charge in [-0.05, 0) is 30.5 Å². The van der Waals surface area contributed by atoms with Crippen LogP contribution in [0.1, 0.15) is 37.6 Å². The average molecular weight is 434 g/mol. The highest BCUT2D eigenvalue weighted by Gasteiger charge is 2.24. The molecule has 166 valence electrons. The fraction of sp³-hybridized carbons (Fsp3) is 0.333. The molecule has 1 aromatic heterocycles. The molecule has 2 amide bonds. The van der Waals surface area contributed by atoms with Crippen molar-refractivity contribution in [3.8, 4) is 17.1 Å². The highest BCUT2D eigenvalue weighted by molar-refractivity contribution is 5.98. The molecule has 0 spiro atoms. The van der Waals surface area contributed by atoms with Crippen molar-refractivity contribution in [1.29, 1.82) is 0 Å². The molecule has 4 rings (SSSR count). The molecule has 0 atom stereocenters. The zero-order valence-electron chi connectivity index (χ0n) is 18.3. The van der Waals surface area contributed by atoms with Crippen molar-refractivity contribution < 1.29 is 18.8 Å². The summed E-state index contributed by atoms with van der Waals surface area (Å²) in [6, 6.07) is 13.3. The van der Waals surface area contributed by atoms with Crippen LogP contribution in [-0.4, -0.2) is 35.6 Å². The van der Waals surface area contributed by atoms with E-state index in [-0.39, 0.29) is 18.2 Å². The Morgan fingerprint density at radius 2 is 2.03 bits per heavy atom. The van der Waals surface area contributed by atoms with Crippen molar-refractivity contribution in [2.75, 3.05) is 23.9 Å². The molecule has 1 aliphatic heterocycles. The van der Waals surface area contributed by atoms with Crippen LogP contribution in [0.4, 0.5) is 11.4 Å². The number of rotatable bonds is 8. The Kier molecular flexibility index (Phi) is 6.49. The monoisotopic (exact) mass is 434 g/mol. The number of hydrogen-bond donors (Lipinski definition) is 1. The average Bonchev–Trinajstić information content (AvgIpc) is 3.47. The maximum atomic E-state index is 12.4. The molecule has 0 bridgehead atoms. The van der Waals surface area contributed by atoms with Crippen molar-refractivity contribution in [2.24, 2.45) is 0 Å². The predicted octanol–water partition coefficient (Wildman–Crippen LogP) is 4.01. The summed E-state index contributed by atoms with van der Waals surface area (Å²) >= 11 is 0. The van der Waals surface area contributed by atoms with E-state index in [9.17, 15) is 9.59 Å². The fourth-order valence-electron chi connectivity index (χ4n) is 3.69. The van der Waals surface area contributed by atoms with Gasteiger partial charge in [0.25, 0.3) is 0 Å². The second-order valence-corrected chi connectivity index (χ2v) is 7.65. The van der Waals surface area contributed by atoms with Gasteiger partial charge in [0.2, 0.25) is 23.5 Å². The zero-order valence-corrected chi connectivity index (χ0v) is 18.3. The SMILES string of the molecule is CCc1ccc(-c2noc(CCC(=O)Nc3ccc(N4CCCC4=O)c(OC)c3)n2)cc1. The first-order valence-electron chi connectivity index (χ1n) is 10.8. The minimum Gasteiger partial charge on any atom is -0.494 e. The lowest BCUT2D eigenvalue weighted by atomic mass is 10.1. The molecular formula is C24H26N4O4. The van der Waals surface area contributed by atoms with Crippen molar-refractivity contribution in [3.05, 3.63) is 53.9 Å². The Bertz CT molecular complexity index is 1110. The number of carbonyl (C=O) groups is 2. The van der Waals surface area contributed by atoms with Crippen LogP contribution in [0.25, 0.3) is 11.4 Å². The van der Waals surface area contributed by atoms with Gasteiger partial charge in [0.1, 0.15) is 5.75 Å². The van der Waals surface area contributed by atoms with Gasteiger partial charge in [0, 0.05) is 43.1 Å². The molecule has 8 heteroatoms. The van der Waals surface area contributed by atoms with E-state index in [0.717, 1.165) is 24.1 Å². The van der Waals surface area contributed by atoms with Crippen LogP contribution in [0.2, 0.25) is 0 Å². The first kappa shape index (κ1) is 21.5. The molecule has 1 N–H and O–H groups in total. The van der Waals surface area contributed by atoms with Crippen molar-refractivity contribution >= 4 is 23.2 Å². The molecule has 2 aromatic carbocycles. The smallest absolute Gasteiger partial charge is 0.227 e. The van der Waals surface area contributed by atoms with Crippen LogP contribution in [0.3, 0.4) is 0 Å². The molecule has 1 aliphatic rings. The molecule has 1 saturated heterocycles. The van der Waals surface area contributed by atoms with Crippen LogP contribution in [0.15, 0.2) is 47.0 Å². The van der Waals surface area contributed by atoms with E-state index in [4.69, 9.17) is 9.26 Å². The molecule has 0 unspecified atom stereocenters. The first-order chi connectivity index (χ1) is 15.6. The third kappa shape index (κ3) is 4.80. The molecule has 0 saturated carbocycles. The largest absolute Gasteiger partial charge is 0.494 e. The lowest BCUT2D eigenvalue weighted by Crippen LogP contribution is -2.24. The number of nitrogens with one attached hydrogen (secondary N) is 1. The van der Waals surface area contributed by atoms with Crippen LogP contribution in [0.5, 0.6) is 5.75 Å². The second kappa shape index (κ2) is 9.64. The number of carbonyl (C=O) groups excluding carboxylic acids is 2. The second-order valence-electron chi connectivity index (χ2n) is 7.65. The van der Waals surface area contributed by atoms with E-state index >= 15 is 0 Å². The summed E-state index contributed by atoms with van der Waals surface area (Å²) in [5.74, 6) is 1.38. The third-order valence-corrected chi connectivity index (χ3v) is 5.48. The summed E-state index contributed by atoms with van der Waals surface area (Å²) in [5, 5.41) is 6.87. The van der Waals surface area contributed by atoms with E-state index in [1.54, 1.807) is 30.2 Å². The van der Waals surface area contributed by atoms with Crippen molar-refractivity contribution in [1.82, 2.24) is 10.1 Å². The Morgan fingerprint density at radius 1 is 1.22 bits per heavy atom. The van der Waals surface area contributed by atoms with E-state index in [1.165, 1.54) is 5.56 Å². The third-order valence-electron chi connectivity index (χ3n) is 5.48. The normalized spacial score (nSPS) is 13.4. The molecule has 8 nitrogen and oxygen atoms in total. The molecule has 32 heavy (non-hydrogen) atoms. The van der Waals surface area contributed by atoms with Crippen LogP contribution >= 0.6 is 0 Å². The van der Waals surface area contributed by atoms with Gasteiger partial charge in [-0.2, -0.15) is 4.98 Å². The maximum Gasteiger partial charge on any atom is 0.227 e. The van der Waals surface area contributed by atoms with Crippen LogP contribution < -0.4 is 15.0 Å². The van der Waals surface area contributed by atoms with Gasteiger partial charge in [-0.25, -0.2) is 0 Å². The number of benzene rings is 2. The molecule has 3 aromatic rings. The summed E-state index contributed by atoms with van der Waals surface area (Å²) in [4.78, 5) is 30.6. The lowest BCUT2D eigenvalue weighted by Gasteiger charge is -2.19. The Balaban J connectivity index is 1.35.